The van der Waals surface area contributed by atoms with E-state index in [0.717, 1.165) is 49.9 Å². The number of aliphatic hydroxyl groups excluding tert-OH is 1. The summed E-state index contributed by atoms with van der Waals surface area (Å²) in [5.41, 5.74) is 1.30. The number of nitrogens with zero attached hydrogens (tertiary/aromatic N) is 4. The van der Waals surface area contributed by atoms with E-state index >= 15 is 0 Å². The van der Waals surface area contributed by atoms with Gasteiger partial charge in [0.1, 0.15) is 12.1 Å². The number of piperidine rings is 1. The number of benzene rings is 1. The number of nitrogens with one attached hydrogen (secondary N) is 1. The normalized spacial score (nSPS) is 21.7. The standard InChI is InChI=1S/C20H26ClN5O.C2HF3O2/c21-16-3-1-15(2-4-16)11-25-9-6-17(7-10-25)24-18-12-26(13-19(18)27)20-5-8-22-14-23-20;3-2(4,5)1(6)7/h1-5,8,14,17-19,24,27H,6-7,9-13H2;(H,6,7)/t18?,19-;/m1./s1. The molecule has 3 heterocycles. The second-order valence-corrected chi connectivity index (χ2v) is 8.73. The molecule has 34 heavy (non-hydrogen) atoms. The predicted molar refractivity (Wildman–Crippen MR) is 121 cm³/mol. The van der Waals surface area contributed by atoms with Crippen molar-refractivity contribution in [3.05, 3.63) is 53.4 Å². The highest BCUT2D eigenvalue weighted by Gasteiger charge is 2.38. The molecule has 2 atom stereocenters. The maximum atomic E-state index is 10.6. The van der Waals surface area contributed by atoms with E-state index in [1.807, 2.05) is 18.2 Å². The summed E-state index contributed by atoms with van der Waals surface area (Å²) in [4.78, 5) is 21.8. The second kappa shape index (κ2) is 11.8. The molecule has 2 aliphatic rings. The lowest BCUT2D eigenvalue weighted by Crippen LogP contribution is -2.49. The molecule has 2 fully saturated rings. The molecule has 4 rings (SSSR count). The smallest absolute Gasteiger partial charge is 0.475 e. The first-order valence-electron chi connectivity index (χ1n) is 10.8. The predicted octanol–water partition coefficient (Wildman–Crippen LogP) is 2.57. The summed E-state index contributed by atoms with van der Waals surface area (Å²) in [6.45, 7) is 4.50. The third-order valence-electron chi connectivity index (χ3n) is 5.78. The monoisotopic (exact) mass is 501 g/mol. The van der Waals surface area contributed by atoms with Crippen molar-refractivity contribution in [1.82, 2.24) is 20.2 Å². The number of aromatic nitrogens is 2. The van der Waals surface area contributed by atoms with Crippen molar-refractivity contribution in [2.75, 3.05) is 31.1 Å². The molecule has 0 aliphatic carbocycles. The van der Waals surface area contributed by atoms with Crippen LogP contribution in [0.25, 0.3) is 0 Å². The number of carboxylic acid groups (broad SMARTS) is 1. The van der Waals surface area contributed by atoms with Gasteiger partial charge in [0.05, 0.1) is 12.1 Å². The number of β-amino-alcohol motifs (C(OH)–C–C–N with tert-alkyl or cyclic N) is 1. The number of halogens is 4. The number of alkyl halides is 3. The quantitative estimate of drug-likeness (QED) is 0.574. The molecule has 2 aromatic rings. The van der Waals surface area contributed by atoms with Crippen LogP contribution in [0.2, 0.25) is 5.02 Å². The highest BCUT2D eigenvalue weighted by Crippen LogP contribution is 2.21. The van der Waals surface area contributed by atoms with Gasteiger partial charge in [0.15, 0.2) is 0 Å². The van der Waals surface area contributed by atoms with Crippen molar-refractivity contribution in [2.24, 2.45) is 0 Å². The highest BCUT2D eigenvalue weighted by atomic mass is 35.5. The molecular formula is C22H27ClF3N5O3. The van der Waals surface area contributed by atoms with E-state index in [1.165, 1.54) is 5.56 Å². The van der Waals surface area contributed by atoms with E-state index in [2.05, 4.69) is 37.2 Å². The SMILES string of the molecule is O=C(O)C(F)(F)F.O[C@@H]1CN(c2ccncn2)CC1NC1CCN(Cc2ccc(Cl)cc2)CC1. The summed E-state index contributed by atoms with van der Waals surface area (Å²) in [6.07, 6.45) is 0.0476. The molecule has 2 saturated heterocycles. The Kier molecular flexibility index (Phi) is 9.06. The van der Waals surface area contributed by atoms with Crippen molar-refractivity contribution >= 4 is 23.4 Å². The summed E-state index contributed by atoms with van der Waals surface area (Å²) >= 11 is 5.96. The van der Waals surface area contributed by atoms with Gasteiger partial charge in [0.25, 0.3) is 0 Å². The Morgan fingerprint density at radius 2 is 1.79 bits per heavy atom. The Bertz CT molecular complexity index is 912. The van der Waals surface area contributed by atoms with Gasteiger partial charge in [-0.1, -0.05) is 23.7 Å². The van der Waals surface area contributed by atoms with Gasteiger partial charge in [-0.2, -0.15) is 13.2 Å². The van der Waals surface area contributed by atoms with Crippen LogP contribution in [0.5, 0.6) is 0 Å². The minimum atomic E-state index is -5.08. The molecule has 186 valence electrons. The van der Waals surface area contributed by atoms with E-state index < -0.39 is 12.1 Å². The van der Waals surface area contributed by atoms with Crippen molar-refractivity contribution in [1.29, 1.82) is 0 Å². The average Bonchev–Trinajstić information content (AvgIpc) is 3.17. The molecular weight excluding hydrogens is 475 g/mol. The van der Waals surface area contributed by atoms with Crippen LogP contribution >= 0.6 is 11.6 Å². The zero-order valence-electron chi connectivity index (χ0n) is 18.3. The minimum absolute atomic E-state index is 0.0905. The van der Waals surface area contributed by atoms with Crippen LogP contribution in [0.1, 0.15) is 18.4 Å². The summed E-state index contributed by atoms with van der Waals surface area (Å²) in [5.74, 6) is -1.88. The molecule has 0 bridgehead atoms. The summed E-state index contributed by atoms with van der Waals surface area (Å²) in [7, 11) is 0. The molecule has 0 saturated carbocycles. The van der Waals surface area contributed by atoms with Gasteiger partial charge in [-0.25, -0.2) is 14.8 Å². The fourth-order valence-electron chi connectivity index (χ4n) is 4.02. The highest BCUT2D eigenvalue weighted by molar-refractivity contribution is 6.30. The van der Waals surface area contributed by atoms with E-state index in [-0.39, 0.29) is 12.1 Å². The molecule has 1 unspecified atom stereocenters. The zero-order chi connectivity index (χ0) is 24.7. The molecule has 2 aliphatic heterocycles. The molecule has 3 N–H and O–H groups in total. The lowest BCUT2D eigenvalue weighted by molar-refractivity contribution is -0.192. The lowest BCUT2D eigenvalue weighted by atomic mass is 10.0. The second-order valence-electron chi connectivity index (χ2n) is 8.29. The number of likely N-dealkylation sites (tertiary alicyclic amines) is 1. The van der Waals surface area contributed by atoms with Crippen LogP contribution < -0.4 is 10.2 Å². The number of aliphatic carboxylic acids is 1. The Hall–Kier alpha value is -2.47. The summed E-state index contributed by atoms with van der Waals surface area (Å²) in [6, 6.07) is 10.5. The van der Waals surface area contributed by atoms with Crippen LogP contribution in [-0.4, -0.2) is 81.6 Å². The van der Waals surface area contributed by atoms with Crippen LogP contribution in [0.3, 0.4) is 0 Å². The Morgan fingerprint density at radius 3 is 2.35 bits per heavy atom. The number of aliphatic hydroxyl groups is 1. The number of carboxylic acids is 1. The maximum absolute atomic E-state index is 10.6. The zero-order valence-corrected chi connectivity index (χ0v) is 19.1. The van der Waals surface area contributed by atoms with Crippen molar-refractivity contribution < 1.29 is 28.2 Å². The Morgan fingerprint density at radius 1 is 1.15 bits per heavy atom. The molecule has 1 aromatic heterocycles. The molecule has 12 heteroatoms. The van der Waals surface area contributed by atoms with Crippen molar-refractivity contribution in [2.45, 2.75) is 43.8 Å². The number of carbonyl (C=O) groups is 1. The first-order chi connectivity index (χ1) is 16.1. The number of anilines is 1. The van der Waals surface area contributed by atoms with E-state index in [4.69, 9.17) is 21.5 Å². The van der Waals surface area contributed by atoms with Crippen LogP contribution in [0, 0.1) is 0 Å². The van der Waals surface area contributed by atoms with E-state index in [9.17, 15) is 18.3 Å². The fourth-order valence-corrected chi connectivity index (χ4v) is 4.14. The van der Waals surface area contributed by atoms with Crippen molar-refractivity contribution in [3.8, 4) is 0 Å². The van der Waals surface area contributed by atoms with E-state index in [0.29, 0.717) is 12.6 Å². The first kappa shape index (κ1) is 26.1. The van der Waals surface area contributed by atoms with Gasteiger partial charge in [0.2, 0.25) is 0 Å². The lowest BCUT2D eigenvalue weighted by Gasteiger charge is -2.34. The maximum Gasteiger partial charge on any atom is 0.490 e. The topological polar surface area (TPSA) is 102 Å². The summed E-state index contributed by atoms with van der Waals surface area (Å²) < 4.78 is 31.7. The Labute approximate surface area is 200 Å². The number of rotatable bonds is 5. The molecule has 8 nitrogen and oxygen atoms in total. The molecule has 0 amide bonds. The van der Waals surface area contributed by atoms with Crippen molar-refractivity contribution in [3.63, 3.8) is 0 Å². The van der Waals surface area contributed by atoms with Gasteiger partial charge in [-0.3, -0.25) is 4.90 Å². The summed E-state index contributed by atoms with van der Waals surface area (Å²) in [5, 5.41) is 22.0. The van der Waals surface area contributed by atoms with Crippen LogP contribution in [-0.2, 0) is 11.3 Å². The van der Waals surface area contributed by atoms with Gasteiger partial charge < -0.3 is 20.4 Å². The van der Waals surface area contributed by atoms with Gasteiger partial charge in [-0.15, -0.1) is 0 Å². The largest absolute Gasteiger partial charge is 0.490 e. The van der Waals surface area contributed by atoms with E-state index in [1.54, 1.807) is 12.5 Å². The molecule has 0 spiro atoms. The number of hydrogen-bond acceptors (Lipinski definition) is 7. The third-order valence-corrected chi connectivity index (χ3v) is 6.03. The Balaban J connectivity index is 0.000000406. The first-order valence-corrected chi connectivity index (χ1v) is 11.2. The van der Waals surface area contributed by atoms with Gasteiger partial charge in [0, 0.05) is 36.9 Å². The third kappa shape index (κ3) is 7.79. The number of hydrogen-bond donors (Lipinski definition) is 3. The average molecular weight is 502 g/mol. The molecule has 1 aromatic carbocycles. The van der Waals surface area contributed by atoms with Gasteiger partial charge in [-0.05, 0) is 49.7 Å². The van der Waals surface area contributed by atoms with Gasteiger partial charge >= 0.3 is 12.1 Å². The fraction of sp³-hybridized carbons (Fsp3) is 0.500. The van der Waals surface area contributed by atoms with Crippen LogP contribution in [0.15, 0.2) is 42.9 Å². The minimum Gasteiger partial charge on any atom is -0.475 e. The van der Waals surface area contributed by atoms with Crippen LogP contribution in [0.4, 0.5) is 19.0 Å². The molecule has 0 radical (unpaired) electrons.